The third-order valence-corrected chi connectivity index (χ3v) is 3.91. The summed E-state index contributed by atoms with van der Waals surface area (Å²) in [7, 11) is 1.87. The van der Waals surface area contributed by atoms with E-state index in [9.17, 15) is 10.1 Å². The molecule has 1 N–H and O–H groups in total. The lowest BCUT2D eigenvalue weighted by Crippen LogP contribution is -2.18. The Labute approximate surface area is 131 Å². The molecule has 0 fully saturated rings. The van der Waals surface area contributed by atoms with Crippen molar-refractivity contribution in [2.45, 2.75) is 6.54 Å². The largest absolute Gasteiger partial charge is 0.478 e. The highest BCUT2D eigenvalue weighted by Gasteiger charge is 2.12. The Morgan fingerprint density at radius 1 is 1.33 bits per heavy atom. The summed E-state index contributed by atoms with van der Waals surface area (Å²) in [5, 5.41) is 18.2. The average molecular weight is 345 g/mol. The highest BCUT2D eigenvalue weighted by atomic mass is 79.9. The van der Waals surface area contributed by atoms with Gasteiger partial charge in [0.05, 0.1) is 16.8 Å². The van der Waals surface area contributed by atoms with E-state index >= 15 is 0 Å². The summed E-state index contributed by atoms with van der Waals surface area (Å²) in [5.74, 6) is -1.04. The molecular formula is C16H13BrN2O2. The topological polar surface area (TPSA) is 64.3 Å². The number of nitriles is 1. The molecule has 0 bridgehead atoms. The number of carbonyl (C=O) groups is 1. The van der Waals surface area contributed by atoms with Crippen molar-refractivity contribution in [3.8, 4) is 6.07 Å². The molecular weight excluding hydrogens is 332 g/mol. The zero-order chi connectivity index (χ0) is 15.4. The van der Waals surface area contributed by atoms with Crippen LogP contribution in [-0.2, 0) is 6.54 Å². The second-order valence-corrected chi connectivity index (χ2v) is 5.45. The average Bonchev–Trinajstić information content (AvgIpc) is 2.48. The maximum atomic E-state index is 11.0. The van der Waals surface area contributed by atoms with Crippen molar-refractivity contribution < 1.29 is 9.90 Å². The number of aromatic carboxylic acids is 1. The third kappa shape index (κ3) is 3.41. The van der Waals surface area contributed by atoms with Gasteiger partial charge in [-0.3, -0.25) is 0 Å². The van der Waals surface area contributed by atoms with E-state index in [2.05, 4.69) is 22.0 Å². The minimum absolute atomic E-state index is 0.115. The van der Waals surface area contributed by atoms with Gasteiger partial charge < -0.3 is 10.0 Å². The molecule has 5 heteroatoms. The normalized spacial score (nSPS) is 9.95. The van der Waals surface area contributed by atoms with E-state index in [1.54, 1.807) is 6.07 Å². The number of nitrogens with zero attached hydrogens (tertiary/aromatic N) is 2. The molecule has 0 saturated heterocycles. The number of rotatable bonds is 4. The zero-order valence-corrected chi connectivity index (χ0v) is 13.0. The minimum atomic E-state index is -1.04. The van der Waals surface area contributed by atoms with Crippen molar-refractivity contribution in [2.24, 2.45) is 0 Å². The van der Waals surface area contributed by atoms with Crippen LogP contribution in [0.1, 0.15) is 21.5 Å². The monoisotopic (exact) mass is 344 g/mol. The Balaban J connectivity index is 2.31. The summed E-state index contributed by atoms with van der Waals surface area (Å²) >= 11 is 3.49. The van der Waals surface area contributed by atoms with Crippen LogP contribution >= 0.6 is 15.9 Å². The Hall–Kier alpha value is -2.32. The molecule has 2 aromatic carbocycles. The van der Waals surface area contributed by atoms with Crippen LogP contribution in [0.15, 0.2) is 46.9 Å². The van der Waals surface area contributed by atoms with Gasteiger partial charge in [0, 0.05) is 18.1 Å². The molecule has 0 atom stereocenters. The number of hydrogen-bond donors (Lipinski definition) is 1. The molecule has 0 spiro atoms. The van der Waals surface area contributed by atoms with Crippen LogP contribution in [-0.4, -0.2) is 18.1 Å². The van der Waals surface area contributed by atoms with Crippen LogP contribution in [0, 0.1) is 11.3 Å². The fraction of sp³-hybridized carbons (Fsp3) is 0.125. The number of halogens is 1. The predicted molar refractivity (Wildman–Crippen MR) is 84.4 cm³/mol. The van der Waals surface area contributed by atoms with Gasteiger partial charge in [0.25, 0.3) is 0 Å². The summed E-state index contributed by atoms with van der Waals surface area (Å²) in [6.07, 6.45) is 0. The van der Waals surface area contributed by atoms with Gasteiger partial charge in [-0.1, -0.05) is 34.1 Å². The van der Waals surface area contributed by atoms with Gasteiger partial charge >= 0.3 is 5.97 Å². The molecule has 21 heavy (non-hydrogen) atoms. The Kier molecular flexibility index (Phi) is 4.61. The Morgan fingerprint density at radius 2 is 2.05 bits per heavy atom. The zero-order valence-electron chi connectivity index (χ0n) is 11.4. The van der Waals surface area contributed by atoms with Crippen LogP contribution in [0.4, 0.5) is 5.69 Å². The summed E-state index contributed by atoms with van der Waals surface area (Å²) in [5.41, 5.74) is 2.26. The predicted octanol–water partition coefficient (Wildman–Crippen LogP) is 3.66. The maximum Gasteiger partial charge on any atom is 0.335 e. The van der Waals surface area contributed by atoms with Crippen molar-refractivity contribution in [1.29, 1.82) is 5.26 Å². The van der Waals surface area contributed by atoms with Gasteiger partial charge in [-0.2, -0.15) is 5.26 Å². The Bertz CT molecular complexity index is 722. The standard InChI is InChI=1S/C16H13BrN2O2/c1-19(10-12-4-2-3-5-14(12)17)15-7-6-11(16(20)21)8-13(15)9-18/h2-8H,10H2,1H3,(H,20,21). The first-order valence-electron chi connectivity index (χ1n) is 6.25. The molecule has 0 aliphatic carbocycles. The van der Waals surface area contributed by atoms with Gasteiger partial charge in [-0.25, -0.2) is 4.79 Å². The molecule has 0 unspecified atom stereocenters. The number of anilines is 1. The summed E-state index contributed by atoms with van der Waals surface area (Å²) in [6, 6.07) is 14.5. The summed E-state index contributed by atoms with van der Waals surface area (Å²) in [6.45, 7) is 0.614. The minimum Gasteiger partial charge on any atom is -0.478 e. The molecule has 0 aromatic heterocycles. The van der Waals surface area contributed by atoms with Crippen molar-refractivity contribution in [3.63, 3.8) is 0 Å². The smallest absolute Gasteiger partial charge is 0.335 e. The SMILES string of the molecule is CN(Cc1ccccc1Br)c1ccc(C(=O)O)cc1C#N. The highest BCUT2D eigenvalue weighted by Crippen LogP contribution is 2.24. The van der Waals surface area contributed by atoms with Gasteiger partial charge in [0.1, 0.15) is 6.07 Å². The first-order valence-corrected chi connectivity index (χ1v) is 7.04. The third-order valence-electron chi connectivity index (χ3n) is 3.14. The lowest BCUT2D eigenvalue weighted by atomic mass is 10.1. The molecule has 0 aliphatic heterocycles. The summed E-state index contributed by atoms with van der Waals surface area (Å²) in [4.78, 5) is 12.9. The maximum absolute atomic E-state index is 11.0. The van der Waals surface area contributed by atoms with Gasteiger partial charge in [0.2, 0.25) is 0 Å². The summed E-state index contributed by atoms with van der Waals surface area (Å²) < 4.78 is 0.998. The molecule has 0 amide bonds. The molecule has 106 valence electrons. The van der Waals surface area contributed by atoms with Crippen LogP contribution in [0.5, 0.6) is 0 Å². The number of carboxylic acid groups (broad SMARTS) is 1. The first kappa shape index (κ1) is 15.1. The van der Waals surface area contributed by atoms with E-state index in [0.29, 0.717) is 17.8 Å². The van der Waals surface area contributed by atoms with Crippen LogP contribution in [0.2, 0.25) is 0 Å². The van der Waals surface area contributed by atoms with E-state index in [1.165, 1.54) is 12.1 Å². The lowest BCUT2D eigenvalue weighted by molar-refractivity contribution is 0.0697. The first-order chi connectivity index (χ1) is 10.0. The van der Waals surface area contributed by atoms with E-state index in [0.717, 1.165) is 10.0 Å². The fourth-order valence-corrected chi connectivity index (χ4v) is 2.47. The van der Waals surface area contributed by atoms with Crippen molar-refractivity contribution in [2.75, 3.05) is 11.9 Å². The van der Waals surface area contributed by atoms with Gasteiger partial charge in [-0.15, -0.1) is 0 Å². The van der Waals surface area contributed by atoms with E-state index < -0.39 is 5.97 Å². The van der Waals surface area contributed by atoms with Crippen molar-refractivity contribution in [1.82, 2.24) is 0 Å². The van der Waals surface area contributed by atoms with Gasteiger partial charge in [0.15, 0.2) is 0 Å². The fourth-order valence-electron chi connectivity index (χ4n) is 2.06. The number of hydrogen-bond acceptors (Lipinski definition) is 3. The second kappa shape index (κ2) is 6.42. The van der Waals surface area contributed by atoms with Crippen molar-refractivity contribution in [3.05, 3.63) is 63.6 Å². The number of benzene rings is 2. The van der Waals surface area contributed by atoms with E-state index in [1.807, 2.05) is 36.2 Å². The van der Waals surface area contributed by atoms with E-state index in [4.69, 9.17) is 5.11 Å². The molecule has 0 radical (unpaired) electrons. The van der Waals surface area contributed by atoms with E-state index in [-0.39, 0.29) is 5.56 Å². The molecule has 2 aromatic rings. The molecule has 0 heterocycles. The lowest BCUT2D eigenvalue weighted by Gasteiger charge is -2.21. The Morgan fingerprint density at radius 3 is 2.67 bits per heavy atom. The van der Waals surface area contributed by atoms with Crippen LogP contribution in [0.25, 0.3) is 0 Å². The van der Waals surface area contributed by atoms with Gasteiger partial charge in [-0.05, 0) is 29.8 Å². The van der Waals surface area contributed by atoms with Crippen molar-refractivity contribution >= 4 is 27.6 Å². The molecule has 2 rings (SSSR count). The molecule has 0 aliphatic rings. The van der Waals surface area contributed by atoms with Crippen LogP contribution < -0.4 is 4.90 Å². The number of carboxylic acids is 1. The quantitative estimate of drug-likeness (QED) is 0.919. The highest BCUT2D eigenvalue weighted by molar-refractivity contribution is 9.10. The van der Waals surface area contributed by atoms with Crippen LogP contribution in [0.3, 0.4) is 0 Å². The second-order valence-electron chi connectivity index (χ2n) is 4.60. The molecule has 0 saturated carbocycles. The molecule has 4 nitrogen and oxygen atoms in total.